The molecule has 0 heterocycles. The Kier molecular flexibility index (Phi) is 7.92. The Hall–Kier alpha value is -2.11. The molecule has 5 N–H and O–H groups in total. The highest BCUT2D eigenvalue weighted by Gasteiger charge is 2.10. The van der Waals surface area contributed by atoms with Crippen molar-refractivity contribution in [3.63, 3.8) is 0 Å². The van der Waals surface area contributed by atoms with E-state index in [0.717, 1.165) is 0 Å². The normalized spacial score (nSPS) is 13.7. The molecule has 108 valence electrons. The molecular formula is C13H23N3O3. The van der Waals surface area contributed by atoms with Gasteiger partial charge in [-0.3, -0.25) is 5.41 Å². The van der Waals surface area contributed by atoms with Gasteiger partial charge in [0.15, 0.2) is 11.5 Å². The largest absolute Gasteiger partial charge is 0.497 e. The number of hydrogen-bond acceptors (Lipinski definition) is 5. The lowest BCUT2D eigenvalue weighted by Crippen LogP contribution is -2.14. The first-order chi connectivity index (χ1) is 9.01. The van der Waals surface area contributed by atoms with Crippen molar-refractivity contribution < 1.29 is 14.2 Å². The summed E-state index contributed by atoms with van der Waals surface area (Å²) in [5.41, 5.74) is 11.4. The Morgan fingerprint density at radius 3 is 2.16 bits per heavy atom. The predicted octanol–water partition coefficient (Wildman–Crippen LogP) is 1.60. The summed E-state index contributed by atoms with van der Waals surface area (Å²) >= 11 is 0. The molecule has 0 bridgehead atoms. The molecule has 0 radical (unpaired) electrons. The van der Waals surface area contributed by atoms with Gasteiger partial charge in [0, 0.05) is 11.8 Å². The maximum absolute atomic E-state index is 7.32. The summed E-state index contributed by atoms with van der Waals surface area (Å²) in [6.07, 6.45) is 4.36. The summed E-state index contributed by atoms with van der Waals surface area (Å²) < 4.78 is 15.6. The second kappa shape index (κ2) is 8.91. The average molecular weight is 269 g/mol. The van der Waals surface area contributed by atoms with Gasteiger partial charge < -0.3 is 25.7 Å². The van der Waals surface area contributed by atoms with E-state index in [-0.39, 0.29) is 5.84 Å². The highest BCUT2D eigenvalue weighted by Crippen LogP contribution is 2.18. The number of amidine groups is 1. The summed E-state index contributed by atoms with van der Waals surface area (Å²) in [5, 5.41) is 7.32. The van der Waals surface area contributed by atoms with Crippen molar-refractivity contribution in [1.82, 2.24) is 0 Å². The standard InChI is InChI=1S/C13H23N3O3/c1-9(17-2)12(19-4)11(18-3)7-5-6-10(8-14)13(15)16/h7-8H,5-6,14H2,1-4H3,(H3,15,16)/b10-8?,11-7+,12-9-. The maximum Gasteiger partial charge on any atom is 0.198 e. The van der Waals surface area contributed by atoms with Crippen molar-refractivity contribution in [3.8, 4) is 0 Å². The van der Waals surface area contributed by atoms with Crippen LogP contribution in [0.25, 0.3) is 0 Å². The van der Waals surface area contributed by atoms with Crippen LogP contribution in [0.15, 0.2) is 35.1 Å². The molecule has 0 amide bonds. The van der Waals surface area contributed by atoms with Crippen molar-refractivity contribution in [1.29, 1.82) is 5.41 Å². The number of methoxy groups -OCH3 is 3. The van der Waals surface area contributed by atoms with Crippen LogP contribution in [0.5, 0.6) is 0 Å². The van der Waals surface area contributed by atoms with Crippen molar-refractivity contribution in [2.75, 3.05) is 21.3 Å². The minimum Gasteiger partial charge on any atom is -0.497 e. The summed E-state index contributed by atoms with van der Waals surface area (Å²) in [4.78, 5) is 0. The number of allylic oxidation sites excluding steroid dienone is 2. The van der Waals surface area contributed by atoms with Crippen molar-refractivity contribution >= 4 is 5.84 Å². The molecule has 0 saturated carbocycles. The van der Waals surface area contributed by atoms with Crippen LogP contribution in [-0.4, -0.2) is 27.2 Å². The molecule has 0 aliphatic heterocycles. The molecule has 19 heavy (non-hydrogen) atoms. The molecule has 0 spiro atoms. The Balaban J connectivity index is 4.88. The molecule has 0 aromatic carbocycles. The lowest BCUT2D eigenvalue weighted by molar-refractivity contribution is 0.185. The topological polar surface area (TPSA) is 104 Å². The van der Waals surface area contributed by atoms with Gasteiger partial charge in [-0.15, -0.1) is 0 Å². The smallest absolute Gasteiger partial charge is 0.198 e. The van der Waals surface area contributed by atoms with Crippen LogP contribution in [0, 0.1) is 5.41 Å². The molecule has 6 nitrogen and oxygen atoms in total. The zero-order valence-electron chi connectivity index (χ0n) is 11.9. The van der Waals surface area contributed by atoms with E-state index in [2.05, 4.69) is 0 Å². The molecule has 0 aliphatic carbocycles. The van der Waals surface area contributed by atoms with Crippen LogP contribution in [-0.2, 0) is 14.2 Å². The van der Waals surface area contributed by atoms with Gasteiger partial charge in [-0.2, -0.15) is 0 Å². The second-order valence-corrected chi connectivity index (χ2v) is 3.71. The zero-order valence-corrected chi connectivity index (χ0v) is 11.9. The summed E-state index contributed by atoms with van der Waals surface area (Å²) in [5.74, 6) is 1.70. The predicted molar refractivity (Wildman–Crippen MR) is 75.2 cm³/mol. The maximum atomic E-state index is 7.32. The van der Waals surface area contributed by atoms with Crippen LogP contribution in [0.3, 0.4) is 0 Å². The average Bonchev–Trinajstić information content (AvgIpc) is 2.41. The van der Waals surface area contributed by atoms with E-state index in [1.165, 1.54) is 6.20 Å². The van der Waals surface area contributed by atoms with Crippen LogP contribution in [0.2, 0.25) is 0 Å². The molecule has 0 unspecified atom stereocenters. The molecule has 0 saturated heterocycles. The molecule has 0 aromatic rings. The van der Waals surface area contributed by atoms with Crippen LogP contribution < -0.4 is 11.5 Å². The molecule has 0 fully saturated rings. The van der Waals surface area contributed by atoms with E-state index >= 15 is 0 Å². The van der Waals surface area contributed by atoms with Gasteiger partial charge in [0.1, 0.15) is 11.6 Å². The molecule has 0 rings (SSSR count). The molecule has 0 aliphatic rings. The monoisotopic (exact) mass is 269 g/mol. The van der Waals surface area contributed by atoms with Gasteiger partial charge in [-0.25, -0.2) is 0 Å². The Morgan fingerprint density at radius 1 is 1.16 bits per heavy atom. The molecule has 6 heteroatoms. The van der Waals surface area contributed by atoms with Crippen molar-refractivity contribution in [3.05, 3.63) is 35.1 Å². The highest BCUT2D eigenvalue weighted by atomic mass is 16.5. The van der Waals surface area contributed by atoms with Crippen LogP contribution in [0.1, 0.15) is 19.8 Å². The summed E-state index contributed by atoms with van der Waals surface area (Å²) in [6.45, 7) is 1.78. The van der Waals surface area contributed by atoms with E-state index in [1.807, 2.05) is 6.08 Å². The summed E-state index contributed by atoms with van der Waals surface area (Å²) in [6, 6.07) is 0. The first kappa shape index (κ1) is 16.9. The minimum absolute atomic E-state index is 0.0227. The number of nitrogens with one attached hydrogen (secondary N) is 1. The highest BCUT2D eigenvalue weighted by molar-refractivity contribution is 5.94. The fraction of sp³-hybridized carbons (Fsp3) is 0.462. The Morgan fingerprint density at radius 2 is 1.79 bits per heavy atom. The zero-order chi connectivity index (χ0) is 14.8. The summed E-state index contributed by atoms with van der Waals surface area (Å²) in [7, 11) is 4.66. The SMILES string of the molecule is CO/C(C)=C(OC)/C(=C\CCC(=CN)C(=N)N)OC. The number of hydrogen-bond donors (Lipinski definition) is 3. The Bertz CT molecular complexity index is 398. The van der Waals surface area contributed by atoms with Gasteiger partial charge >= 0.3 is 0 Å². The van der Waals surface area contributed by atoms with Crippen LogP contribution >= 0.6 is 0 Å². The van der Waals surface area contributed by atoms with E-state index in [9.17, 15) is 0 Å². The lowest BCUT2D eigenvalue weighted by Gasteiger charge is -2.13. The number of ether oxygens (including phenoxy) is 3. The third kappa shape index (κ3) is 5.37. The van der Waals surface area contributed by atoms with Gasteiger partial charge in [-0.1, -0.05) is 0 Å². The minimum atomic E-state index is -0.0227. The van der Waals surface area contributed by atoms with Gasteiger partial charge in [0.05, 0.1) is 21.3 Å². The van der Waals surface area contributed by atoms with E-state index < -0.39 is 0 Å². The van der Waals surface area contributed by atoms with E-state index in [1.54, 1.807) is 28.3 Å². The van der Waals surface area contributed by atoms with E-state index in [4.69, 9.17) is 31.1 Å². The third-order valence-electron chi connectivity index (χ3n) is 2.56. The third-order valence-corrected chi connectivity index (χ3v) is 2.56. The first-order valence-corrected chi connectivity index (χ1v) is 5.80. The van der Waals surface area contributed by atoms with E-state index in [0.29, 0.717) is 35.7 Å². The fourth-order valence-electron chi connectivity index (χ4n) is 1.45. The molecule has 0 atom stereocenters. The van der Waals surface area contributed by atoms with Crippen molar-refractivity contribution in [2.45, 2.75) is 19.8 Å². The van der Waals surface area contributed by atoms with Gasteiger partial charge in [-0.05, 0) is 25.8 Å². The molecular weight excluding hydrogens is 246 g/mol. The lowest BCUT2D eigenvalue weighted by atomic mass is 10.1. The quantitative estimate of drug-likeness (QED) is 0.269. The Labute approximate surface area is 114 Å². The molecule has 0 aromatic heterocycles. The fourth-order valence-corrected chi connectivity index (χ4v) is 1.45. The number of nitrogens with two attached hydrogens (primary N) is 2. The first-order valence-electron chi connectivity index (χ1n) is 5.80. The van der Waals surface area contributed by atoms with Crippen molar-refractivity contribution in [2.24, 2.45) is 11.5 Å². The number of rotatable bonds is 8. The van der Waals surface area contributed by atoms with Gasteiger partial charge in [0.2, 0.25) is 0 Å². The van der Waals surface area contributed by atoms with Crippen LogP contribution in [0.4, 0.5) is 0 Å². The van der Waals surface area contributed by atoms with Gasteiger partial charge in [0.25, 0.3) is 0 Å². The second-order valence-electron chi connectivity index (χ2n) is 3.71.